The first-order valence-corrected chi connectivity index (χ1v) is 9.54. The number of ether oxygens (including phenoxy) is 1. The Labute approximate surface area is 159 Å². The number of hydrogen-bond acceptors (Lipinski definition) is 3. The Morgan fingerprint density at radius 2 is 1.88 bits per heavy atom. The van der Waals surface area contributed by atoms with Gasteiger partial charge >= 0.3 is 0 Å². The van der Waals surface area contributed by atoms with Crippen LogP contribution < -0.4 is 10.1 Å². The van der Waals surface area contributed by atoms with Gasteiger partial charge in [-0.1, -0.05) is 29.8 Å². The van der Waals surface area contributed by atoms with Crippen LogP contribution in [0.25, 0.3) is 0 Å². The van der Waals surface area contributed by atoms with E-state index in [1.165, 1.54) is 11.1 Å². The van der Waals surface area contributed by atoms with Gasteiger partial charge in [0, 0.05) is 11.6 Å². The highest BCUT2D eigenvalue weighted by molar-refractivity contribution is 6.30. The maximum absolute atomic E-state index is 11.8. The standard InChI is InChI=1S/C21H23ClN2O2/c1-14-21(25)23-19-12-15(2-7-20(19)26-14)13-24-10-8-17(9-11-24)16-3-5-18(22)6-4-16/h2-7,12,14,17H,8-11,13H2,1H3,(H,23,25). The monoisotopic (exact) mass is 370 g/mol. The van der Waals surface area contributed by atoms with Crippen molar-refractivity contribution in [2.24, 2.45) is 0 Å². The lowest BCUT2D eigenvalue weighted by Gasteiger charge is -2.32. The Morgan fingerprint density at radius 1 is 1.15 bits per heavy atom. The largest absolute Gasteiger partial charge is 0.479 e. The fourth-order valence-corrected chi connectivity index (χ4v) is 3.90. The summed E-state index contributed by atoms with van der Waals surface area (Å²) in [5.41, 5.74) is 3.37. The normalized spacial score (nSPS) is 21.0. The van der Waals surface area contributed by atoms with Crippen LogP contribution in [0, 0.1) is 0 Å². The third-order valence-corrected chi connectivity index (χ3v) is 5.56. The summed E-state index contributed by atoms with van der Waals surface area (Å²) < 4.78 is 5.63. The molecule has 0 aliphatic carbocycles. The molecule has 2 heterocycles. The van der Waals surface area contributed by atoms with Gasteiger partial charge in [0.05, 0.1) is 5.69 Å². The molecule has 2 aromatic carbocycles. The number of carbonyl (C=O) groups excluding carboxylic acids is 1. The van der Waals surface area contributed by atoms with E-state index in [-0.39, 0.29) is 5.91 Å². The zero-order valence-corrected chi connectivity index (χ0v) is 15.6. The lowest BCUT2D eigenvalue weighted by atomic mass is 9.89. The number of likely N-dealkylation sites (tertiary alicyclic amines) is 1. The van der Waals surface area contributed by atoms with Crippen molar-refractivity contribution in [1.29, 1.82) is 0 Å². The SMILES string of the molecule is CC1Oc2ccc(CN3CCC(c4ccc(Cl)cc4)CC3)cc2NC1=O. The molecule has 4 rings (SSSR count). The number of halogens is 1. The molecule has 0 spiro atoms. The minimum Gasteiger partial charge on any atom is -0.479 e. The number of hydrogen-bond donors (Lipinski definition) is 1. The molecule has 0 bridgehead atoms. The second kappa shape index (κ2) is 7.29. The van der Waals surface area contributed by atoms with Crippen LogP contribution >= 0.6 is 11.6 Å². The van der Waals surface area contributed by atoms with Crippen LogP contribution in [-0.4, -0.2) is 30.0 Å². The Kier molecular flexibility index (Phi) is 4.88. The van der Waals surface area contributed by atoms with E-state index in [0.29, 0.717) is 5.92 Å². The number of fused-ring (bicyclic) bond motifs is 1. The number of nitrogens with zero attached hydrogens (tertiary/aromatic N) is 1. The molecule has 1 unspecified atom stereocenters. The van der Waals surface area contributed by atoms with Crippen LogP contribution in [-0.2, 0) is 11.3 Å². The molecular formula is C21H23ClN2O2. The van der Waals surface area contributed by atoms with Crippen molar-refractivity contribution >= 4 is 23.2 Å². The molecule has 2 aliphatic rings. The summed E-state index contributed by atoms with van der Waals surface area (Å²) in [5.74, 6) is 1.28. The topological polar surface area (TPSA) is 41.6 Å². The van der Waals surface area contributed by atoms with E-state index in [4.69, 9.17) is 16.3 Å². The molecular weight excluding hydrogens is 348 g/mol. The van der Waals surface area contributed by atoms with E-state index in [1.807, 2.05) is 24.3 Å². The third kappa shape index (κ3) is 3.71. The van der Waals surface area contributed by atoms with Crippen molar-refractivity contribution in [3.05, 3.63) is 58.6 Å². The predicted molar refractivity (Wildman–Crippen MR) is 104 cm³/mol. The van der Waals surface area contributed by atoms with Gasteiger partial charge in [0.2, 0.25) is 0 Å². The van der Waals surface area contributed by atoms with Crippen molar-refractivity contribution in [2.75, 3.05) is 18.4 Å². The first kappa shape index (κ1) is 17.4. The zero-order chi connectivity index (χ0) is 18.1. The van der Waals surface area contributed by atoms with Crippen LogP contribution in [0.1, 0.15) is 36.8 Å². The molecule has 136 valence electrons. The van der Waals surface area contributed by atoms with Crippen LogP contribution in [0.4, 0.5) is 5.69 Å². The summed E-state index contributed by atoms with van der Waals surface area (Å²) in [7, 11) is 0. The van der Waals surface area contributed by atoms with Gasteiger partial charge in [-0.3, -0.25) is 9.69 Å². The number of benzene rings is 2. The Balaban J connectivity index is 1.37. The van der Waals surface area contributed by atoms with Gasteiger partial charge in [-0.25, -0.2) is 0 Å². The summed E-state index contributed by atoms with van der Waals surface area (Å²) >= 11 is 5.99. The van der Waals surface area contributed by atoms with E-state index in [0.717, 1.165) is 48.9 Å². The molecule has 0 radical (unpaired) electrons. The summed E-state index contributed by atoms with van der Waals surface area (Å²) in [4.78, 5) is 14.3. The van der Waals surface area contributed by atoms with Crippen molar-refractivity contribution in [3.8, 4) is 5.75 Å². The Bertz CT molecular complexity index is 798. The fraction of sp³-hybridized carbons (Fsp3) is 0.381. The number of amides is 1. The van der Waals surface area contributed by atoms with Gasteiger partial charge in [-0.05, 0) is 74.2 Å². The first-order valence-electron chi connectivity index (χ1n) is 9.17. The van der Waals surface area contributed by atoms with Gasteiger partial charge in [0.1, 0.15) is 5.75 Å². The highest BCUT2D eigenvalue weighted by Gasteiger charge is 2.24. The van der Waals surface area contributed by atoms with E-state index in [1.54, 1.807) is 6.92 Å². The average molecular weight is 371 g/mol. The van der Waals surface area contributed by atoms with Crippen molar-refractivity contribution < 1.29 is 9.53 Å². The quantitative estimate of drug-likeness (QED) is 0.868. The fourth-order valence-electron chi connectivity index (χ4n) is 3.77. The van der Waals surface area contributed by atoms with E-state index in [2.05, 4.69) is 28.4 Å². The molecule has 1 atom stereocenters. The lowest BCUT2D eigenvalue weighted by molar-refractivity contribution is -0.122. The third-order valence-electron chi connectivity index (χ3n) is 5.31. The highest BCUT2D eigenvalue weighted by Crippen LogP contribution is 2.32. The van der Waals surface area contributed by atoms with Crippen LogP contribution in [0.3, 0.4) is 0 Å². The summed E-state index contributed by atoms with van der Waals surface area (Å²) in [6.45, 7) is 4.80. The van der Waals surface area contributed by atoms with Crippen LogP contribution in [0.2, 0.25) is 5.02 Å². The molecule has 26 heavy (non-hydrogen) atoms. The number of rotatable bonds is 3. The van der Waals surface area contributed by atoms with Gasteiger partial charge in [-0.2, -0.15) is 0 Å². The Morgan fingerprint density at radius 3 is 2.62 bits per heavy atom. The average Bonchev–Trinajstić information content (AvgIpc) is 2.64. The van der Waals surface area contributed by atoms with E-state index < -0.39 is 6.10 Å². The maximum Gasteiger partial charge on any atom is 0.265 e. The summed E-state index contributed by atoms with van der Waals surface area (Å²) in [6.07, 6.45) is 1.88. The zero-order valence-electron chi connectivity index (χ0n) is 14.9. The van der Waals surface area contributed by atoms with Gasteiger partial charge in [0.25, 0.3) is 5.91 Å². The molecule has 1 amide bonds. The minimum atomic E-state index is -0.430. The molecule has 2 aromatic rings. The number of carbonyl (C=O) groups is 1. The number of piperidine rings is 1. The molecule has 1 fully saturated rings. The lowest BCUT2D eigenvalue weighted by Crippen LogP contribution is -2.35. The second-order valence-corrected chi connectivity index (χ2v) is 7.62. The first-order chi connectivity index (χ1) is 12.6. The maximum atomic E-state index is 11.8. The summed E-state index contributed by atoms with van der Waals surface area (Å²) in [5, 5.41) is 3.72. The molecule has 1 N–H and O–H groups in total. The van der Waals surface area contributed by atoms with Gasteiger partial charge in [0.15, 0.2) is 6.10 Å². The van der Waals surface area contributed by atoms with Crippen LogP contribution in [0.15, 0.2) is 42.5 Å². The van der Waals surface area contributed by atoms with Crippen molar-refractivity contribution in [3.63, 3.8) is 0 Å². The highest BCUT2D eigenvalue weighted by atomic mass is 35.5. The molecule has 5 heteroatoms. The number of anilines is 1. The molecule has 0 aromatic heterocycles. The molecule has 4 nitrogen and oxygen atoms in total. The van der Waals surface area contributed by atoms with E-state index >= 15 is 0 Å². The van der Waals surface area contributed by atoms with Gasteiger partial charge in [-0.15, -0.1) is 0 Å². The second-order valence-electron chi connectivity index (χ2n) is 7.18. The smallest absolute Gasteiger partial charge is 0.265 e. The van der Waals surface area contributed by atoms with E-state index in [9.17, 15) is 4.79 Å². The predicted octanol–water partition coefficient (Wildman–Crippen LogP) is 4.44. The molecule has 2 aliphatic heterocycles. The number of nitrogens with one attached hydrogen (secondary N) is 1. The molecule has 0 saturated carbocycles. The Hall–Kier alpha value is -2.04. The van der Waals surface area contributed by atoms with Gasteiger partial charge < -0.3 is 10.1 Å². The minimum absolute atomic E-state index is 0.0848. The van der Waals surface area contributed by atoms with Crippen LogP contribution in [0.5, 0.6) is 5.75 Å². The summed E-state index contributed by atoms with van der Waals surface area (Å²) in [6, 6.07) is 14.3. The van der Waals surface area contributed by atoms with Crippen molar-refractivity contribution in [1.82, 2.24) is 4.90 Å². The van der Waals surface area contributed by atoms with Crippen molar-refractivity contribution in [2.45, 2.75) is 38.3 Å². The molecule has 1 saturated heterocycles.